The molecule has 1 aliphatic rings. The van der Waals surface area contributed by atoms with Crippen LogP contribution < -0.4 is 0 Å². The lowest BCUT2D eigenvalue weighted by atomic mass is 10.1. The molecule has 2 rings (SSSR count). The highest BCUT2D eigenvalue weighted by molar-refractivity contribution is 5.79. The second kappa shape index (κ2) is 8.18. The fraction of sp³-hybridized carbons (Fsp3) is 0.611. The molecule has 1 heterocycles. The molecule has 21 heavy (non-hydrogen) atoms. The summed E-state index contributed by atoms with van der Waals surface area (Å²) in [5.74, 6) is 0.570. The van der Waals surface area contributed by atoms with Crippen molar-refractivity contribution in [2.45, 2.75) is 39.7 Å². The Hall–Kier alpha value is -1.35. The number of amides is 1. The third-order valence-electron chi connectivity index (χ3n) is 4.17. The van der Waals surface area contributed by atoms with E-state index in [1.807, 2.05) is 6.07 Å². The van der Waals surface area contributed by atoms with Crippen molar-refractivity contribution in [1.29, 1.82) is 0 Å². The maximum Gasteiger partial charge on any atom is 0.227 e. The molecule has 0 radical (unpaired) electrons. The van der Waals surface area contributed by atoms with Gasteiger partial charge in [-0.3, -0.25) is 9.69 Å². The van der Waals surface area contributed by atoms with Crippen LogP contribution in [-0.4, -0.2) is 41.9 Å². The van der Waals surface area contributed by atoms with Crippen LogP contribution in [0.1, 0.15) is 38.7 Å². The predicted octanol–water partition coefficient (Wildman–Crippen LogP) is 3.16. The highest BCUT2D eigenvalue weighted by Gasteiger charge is 2.30. The molecular weight excluding hydrogens is 260 g/mol. The van der Waals surface area contributed by atoms with Crippen LogP contribution in [0.25, 0.3) is 0 Å². The van der Waals surface area contributed by atoms with Gasteiger partial charge in [-0.1, -0.05) is 44.2 Å². The van der Waals surface area contributed by atoms with Gasteiger partial charge in [0.15, 0.2) is 0 Å². The first-order valence-corrected chi connectivity index (χ1v) is 8.29. The van der Waals surface area contributed by atoms with Crippen molar-refractivity contribution in [3.8, 4) is 0 Å². The second-order valence-electron chi connectivity index (χ2n) is 6.03. The Morgan fingerprint density at radius 2 is 1.86 bits per heavy atom. The third-order valence-corrected chi connectivity index (χ3v) is 4.17. The van der Waals surface area contributed by atoms with Gasteiger partial charge in [-0.25, -0.2) is 0 Å². The largest absolute Gasteiger partial charge is 0.342 e. The summed E-state index contributed by atoms with van der Waals surface area (Å²) >= 11 is 0. The summed E-state index contributed by atoms with van der Waals surface area (Å²) in [5.41, 5.74) is 1.34. The number of carbonyl (C=O) groups excluding carboxylic acids is 1. The van der Waals surface area contributed by atoms with Crippen molar-refractivity contribution in [2.24, 2.45) is 5.92 Å². The van der Waals surface area contributed by atoms with E-state index in [2.05, 4.69) is 47.9 Å². The molecule has 1 unspecified atom stereocenters. The van der Waals surface area contributed by atoms with Crippen LogP contribution in [0, 0.1) is 5.92 Å². The number of nitrogens with zero attached hydrogens (tertiary/aromatic N) is 2. The molecule has 3 nitrogen and oxygen atoms in total. The van der Waals surface area contributed by atoms with Crippen molar-refractivity contribution in [2.75, 3.05) is 26.2 Å². The Labute approximate surface area is 128 Å². The van der Waals surface area contributed by atoms with Crippen molar-refractivity contribution >= 4 is 5.91 Å². The molecule has 0 bridgehead atoms. The molecule has 0 aromatic heterocycles. The zero-order chi connectivity index (χ0) is 15.1. The summed E-state index contributed by atoms with van der Waals surface area (Å²) in [4.78, 5) is 17.1. The van der Waals surface area contributed by atoms with Crippen LogP contribution in [-0.2, 0) is 11.3 Å². The summed E-state index contributed by atoms with van der Waals surface area (Å²) in [6.07, 6.45) is 3.11. The normalized spacial score (nSPS) is 18.9. The summed E-state index contributed by atoms with van der Waals surface area (Å²) in [7, 11) is 0. The third kappa shape index (κ3) is 4.57. The average molecular weight is 288 g/mol. The molecule has 1 amide bonds. The molecule has 1 aromatic carbocycles. The highest BCUT2D eigenvalue weighted by atomic mass is 16.2. The summed E-state index contributed by atoms with van der Waals surface area (Å²) < 4.78 is 0. The van der Waals surface area contributed by atoms with Crippen LogP contribution in [0.2, 0.25) is 0 Å². The monoisotopic (exact) mass is 288 g/mol. The molecule has 116 valence electrons. The Balaban J connectivity index is 1.87. The highest BCUT2D eigenvalue weighted by Crippen LogP contribution is 2.21. The lowest BCUT2D eigenvalue weighted by Gasteiger charge is -2.25. The van der Waals surface area contributed by atoms with E-state index < -0.39 is 0 Å². The SMILES string of the molecule is CCCN(CCC)C(=O)C1CCN(Cc2ccccc2)C1. The van der Waals surface area contributed by atoms with Gasteiger partial charge in [-0.2, -0.15) is 0 Å². The van der Waals surface area contributed by atoms with Crippen LogP contribution in [0.15, 0.2) is 30.3 Å². The molecule has 1 saturated heterocycles. The van der Waals surface area contributed by atoms with Crippen molar-refractivity contribution in [1.82, 2.24) is 9.80 Å². The minimum atomic E-state index is 0.201. The molecule has 1 fully saturated rings. The first kappa shape index (κ1) is 16.0. The minimum Gasteiger partial charge on any atom is -0.342 e. The zero-order valence-corrected chi connectivity index (χ0v) is 13.4. The van der Waals surface area contributed by atoms with E-state index in [1.165, 1.54) is 5.56 Å². The lowest BCUT2D eigenvalue weighted by molar-refractivity contribution is -0.135. The fourth-order valence-corrected chi connectivity index (χ4v) is 3.15. The molecule has 0 N–H and O–H groups in total. The smallest absolute Gasteiger partial charge is 0.227 e. The summed E-state index contributed by atoms with van der Waals surface area (Å²) in [6.45, 7) is 9.02. The maximum absolute atomic E-state index is 12.6. The van der Waals surface area contributed by atoms with Gasteiger partial charge >= 0.3 is 0 Å². The van der Waals surface area contributed by atoms with Gasteiger partial charge in [-0.15, -0.1) is 0 Å². The maximum atomic E-state index is 12.6. The summed E-state index contributed by atoms with van der Waals surface area (Å²) in [6, 6.07) is 10.5. The number of hydrogen-bond acceptors (Lipinski definition) is 2. The Morgan fingerprint density at radius 3 is 2.48 bits per heavy atom. The molecule has 1 aromatic rings. The first-order chi connectivity index (χ1) is 10.2. The lowest BCUT2D eigenvalue weighted by Crippen LogP contribution is -2.38. The minimum absolute atomic E-state index is 0.201. The van der Waals surface area contributed by atoms with Crippen LogP contribution in [0.4, 0.5) is 0 Å². The van der Waals surface area contributed by atoms with Crippen LogP contribution in [0.3, 0.4) is 0 Å². The molecule has 1 aliphatic heterocycles. The van der Waals surface area contributed by atoms with Gasteiger partial charge in [0.05, 0.1) is 5.92 Å². The van der Waals surface area contributed by atoms with Crippen molar-refractivity contribution < 1.29 is 4.79 Å². The Bertz CT molecular complexity index is 426. The number of benzene rings is 1. The van der Waals surface area contributed by atoms with Gasteiger partial charge in [0.25, 0.3) is 0 Å². The van der Waals surface area contributed by atoms with E-state index in [0.717, 1.165) is 52.0 Å². The standard InChI is InChI=1S/C18H28N2O/c1-3-11-20(12-4-2)18(21)17-10-13-19(15-17)14-16-8-6-5-7-9-16/h5-9,17H,3-4,10-15H2,1-2H3. The second-order valence-corrected chi connectivity index (χ2v) is 6.03. The fourth-order valence-electron chi connectivity index (χ4n) is 3.15. The van der Waals surface area contributed by atoms with E-state index in [1.54, 1.807) is 0 Å². The zero-order valence-electron chi connectivity index (χ0n) is 13.4. The van der Waals surface area contributed by atoms with Crippen LogP contribution in [0.5, 0.6) is 0 Å². The van der Waals surface area contributed by atoms with Gasteiger partial charge in [0.2, 0.25) is 5.91 Å². The number of rotatable bonds is 7. The molecule has 0 spiro atoms. The van der Waals surface area contributed by atoms with E-state index in [0.29, 0.717) is 5.91 Å². The quantitative estimate of drug-likeness (QED) is 0.769. The summed E-state index contributed by atoms with van der Waals surface area (Å²) in [5, 5.41) is 0. The number of likely N-dealkylation sites (tertiary alicyclic amines) is 1. The Morgan fingerprint density at radius 1 is 1.19 bits per heavy atom. The van der Waals surface area contributed by atoms with Gasteiger partial charge in [0, 0.05) is 26.2 Å². The van der Waals surface area contributed by atoms with Gasteiger partial charge < -0.3 is 4.90 Å². The molecular formula is C18H28N2O. The van der Waals surface area contributed by atoms with Gasteiger partial charge in [0.1, 0.15) is 0 Å². The average Bonchev–Trinajstić information content (AvgIpc) is 2.96. The number of carbonyl (C=O) groups is 1. The Kier molecular flexibility index (Phi) is 6.24. The van der Waals surface area contributed by atoms with E-state index in [-0.39, 0.29) is 5.92 Å². The first-order valence-electron chi connectivity index (χ1n) is 8.29. The topological polar surface area (TPSA) is 23.6 Å². The van der Waals surface area contributed by atoms with Crippen molar-refractivity contribution in [3.63, 3.8) is 0 Å². The van der Waals surface area contributed by atoms with E-state index in [4.69, 9.17) is 0 Å². The molecule has 0 saturated carbocycles. The molecule has 0 aliphatic carbocycles. The van der Waals surface area contributed by atoms with Crippen molar-refractivity contribution in [3.05, 3.63) is 35.9 Å². The van der Waals surface area contributed by atoms with Gasteiger partial charge in [-0.05, 0) is 31.4 Å². The predicted molar refractivity (Wildman–Crippen MR) is 87.0 cm³/mol. The van der Waals surface area contributed by atoms with E-state index >= 15 is 0 Å². The van der Waals surface area contributed by atoms with Crippen LogP contribution >= 0.6 is 0 Å². The molecule has 3 heteroatoms. The number of hydrogen-bond donors (Lipinski definition) is 0. The van der Waals surface area contributed by atoms with E-state index in [9.17, 15) is 4.79 Å². The molecule has 1 atom stereocenters.